The van der Waals surface area contributed by atoms with E-state index in [0.29, 0.717) is 39.4 Å². The lowest BCUT2D eigenvalue weighted by molar-refractivity contribution is 0.00913. The first-order valence-corrected chi connectivity index (χ1v) is 9.45. The molecule has 3 aliphatic heterocycles. The van der Waals surface area contributed by atoms with Crippen molar-refractivity contribution in [2.75, 3.05) is 31.2 Å². The van der Waals surface area contributed by atoms with E-state index in [1.165, 1.54) is 0 Å². The number of morpholine rings is 1. The molecule has 148 valence electrons. The average molecular weight is 377 g/mol. The fraction of sp³-hybridized carbons (Fsp3) is 0.722. The second-order valence-corrected chi connectivity index (χ2v) is 8.43. The molecule has 0 bridgehead atoms. The smallest absolute Gasteiger partial charge is 0.410 e. The summed E-state index contributed by atoms with van der Waals surface area (Å²) in [5, 5.41) is 4.47. The molecule has 27 heavy (non-hydrogen) atoms. The summed E-state index contributed by atoms with van der Waals surface area (Å²) >= 11 is 0. The van der Waals surface area contributed by atoms with Crippen LogP contribution in [0.2, 0.25) is 0 Å². The van der Waals surface area contributed by atoms with E-state index in [2.05, 4.69) is 5.10 Å². The maximum absolute atomic E-state index is 12.8. The first-order chi connectivity index (χ1) is 12.7. The number of amides is 3. The molecule has 0 radical (unpaired) electrons. The van der Waals surface area contributed by atoms with Crippen LogP contribution in [0.25, 0.3) is 0 Å². The highest BCUT2D eigenvalue weighted by Crippen LogP contribution is 2.32. The fourth-order valence-electron chi connectivity index (χ4n) is 3.88. The fourth-order valence-corrected chi connectivity index (χ4v) is 3.88. The van der Waals surface area contributed by atoms with Crippen molar-refractivity contribution in [3.63, 3.8) is 0 Å². The van der Waals surface area contributed by atoms with Crippen molar-refractivity contribution >= 4 is 17.8 Å². The molecule has 2 fully saturated rings. The van der Waals surface area contributed by atoms with Crippen LogP contribution in [0.15, 0.2) is 6.20 Å². The van der Waals surface area contributed by atoms with Crippen LogP contribution in [0.5, 0.6) is 0 Å². The van der Waals surface area contributed by atoms with Gasteiger partial charge in [-0.25, -0.2) is 9.59 Å². The van der Waals surface area contributed by atoms with Crippen molar-refractivity contribution in [1.82, 2.24) is 19.6 Å². The van der Waals surface area contributed by atoms with E-state index < -0.39 is 5.60 Å². The molecule has 1 aromatic heterocycles. The molecule has 2 atom stereocenters. The van der Waals surface area contributed by atoms with E-state index in [-0.39, 0.29) is 24.2 Å². The number of rotatable bonds is 1. The van der Waals surface area contributed by atoms with E-state index in [0.717, 1.165) is 11.4 Å². The van der Waals surface area contributed by atoms with Gasteiger partial charge >= 0.3 is 12.1 Å². The molecular weight excluding hydrogens is 350 g/mol. The molecule has 0 aliphatic carbocycles. The molecule has 1 aromatic rings. The quantitative estimate of drug-likeness (QED) is 0.744. The van der Waals surface area contributed by atoms with Gasteiger partial charge in [0.1, 0.15) is 5.60 Å². The van der Waals surface area contributed by atoms with E-state index in [9.17, 15) is 9.59 Å². The van der Waals surface area contributed by atoms with Crippen LogP contribution in [-0.4, -0.2) is 75.7 Å². The molecule has 0 N–H and O–H groups in total. The Hall–Kier alpha value is -2.29. The second kappa shape index (κ2) is 6.40. The minimum atomic E-state index is -0.550. The minimum absolute atomic E-state index is 0.0125. The molecule has 3 amide bonds. The topological polar surface area (TPSA) is 80.1 Å². The third kappa shape index (κ3) is 3.24. The van der Waals surface area contributed by atoms with Crippen molar-refractivity contribution in [2.24, 2.45) is 0 Å². The Labute approximate surface area is 158 Å². The highest BCUT2D eigenvalue weighted by Gasteiger charge is 2.42. The number of ether oxygens (including phenoxy) is 2. The summed E-state index contributed by atoms with van der Waals surface area (Å²) in [4.78, 5) is 30.8. The first-order valence-electron chi connectivity index (χ1n) is 9.45. The summed E-state index contributed by atoms with van der Waals surface area (Å²) in [5.41, 5.74) is 1.09. The largest absolute Gasteiger partial charge is 0.444 e. The molecule has 4 rings (SSSR count). The lowest BCUT2D eigenvalue weighted by atomic mass is 10.1. The van der Waals surface area contributed by atoms with Gasteiger partial charge in [0, 0.05) is 6.54 Å². The summed E-state index contributed by atoms with van der Waals surface area (Å²) in [6.45, 7) is 10.8. The SMILES string of the molecule is C[C@H]1Cn2ncc(N3CC4COCCN4C3=O)c2CN1C(=O)OC(C)(C)C. The van der Waals surface area contributed by atoms with Crippen molar-refractivity contribution in [3.05, 3.63) is 11.9 Å². The third-order valence-corrected chi connectivity index (χ3v) is 5.23. The summed E-state index contributed by atoms with van der Waals surface area (Å²) in [6.07, 6.45) is 1.39. The van der Waals surface area contributed by atoms with Crippen LogP contribution in [0.4, 0.5) is 15.3 Å². The zero-order valence-electron chi connectivity index (χ0n) is 16.3. The van der Waals surface area contributed by atoms with E-state index >= 15 is 0 Å². The number of aromatic nitrogens is 2. The molecule has 0 spiro atoms. The normalized spacial score (nSPS) is 25.5. The van der Waals surface area contributed by atoms with Crippen LogP contribution in [0, 0.1) is 0 Å². The Bertz CT molecular complexity index is 755. The maximum Gasteiger partial charge on any atom is 0.410 e. The summed E-state index contributed by atoms with van der Waals surface area (Å²) in [7, 11) is 0. The minimum Gasteiger partial charge on any atom is -0.444 e. The van der Waals surface area contributed by atoms with E-state index in [4.69, 9.17) is 9.47 Å². The van der Waals surface area contributed by atoms with Gasteiger partial charge < -0.3 is 14.4 Å². The number of nitrogens with zero attached hydrogens (tertiary/aromatic N) is 5. The Morgan fingerprint density at radius 2 is 2.11 bits per heavy atom. The molecule has 0 saturated carbocycles. The van der Waals surface area contributed by atoms with Crippen molar-refractivity contribution in [2.45, 2.75) is 58.5 Å². The number of anilines is 1. The predicted molar refractivity (Wildman–Crippen MR) is 97.5 cm³/mol. The molecule has 4 heterocycles. The van der Waals surface area contributed by atoms with Gasteiger partial charge in [-0.3, -0.25) is 14.5 Å². The van der Waals surface area contributed by atoms with Crippen LogP contribution in [0.1, 0.15) is 33.4 Å². The van der Waals surface area contributed by atoms with Crippen LogP contribution < -0.4 is 4.90 Å². The zero-order chi connectivity index (χ0) is 19.3. The molecule has 0 aromatic carbocycles. The molecule has 9 heteroatoms. The van der Waals surface area contributed by atoms with Gasteiger partial charge in [-0.1, -0.05) is 0 Å². The van der Waals surface area contributed by atoms with Gasteiger partial charge in [-0.05, 0) is 27.7 Å². The third-order valence-electron chi connectivity index (χ3n) is 5.23. The Balaban J connectivity index is 1.57. The van der Waals surface area contributed by atoms with Gasteiger partial charge in [0.25, 0.3) is 0 Å². The van der Waals surface area contributed by atoms with Crippen LogP contribution in [-0.2, 0) is 22.6 Å². The number of fused-ring (bicyclic) bond motifs is 2. The van der Waals surface area contributed by atoms with Gasteiger partial charge in [-0.2, -0.15) is 5.10 Å². The van der Waals surface area contributed by atoms with Crippen molar-refractivity contribution in [3.8, 4) is 0 Å². The monoisotopic (exact) mass is 377 g/mol. The second-order valence-electron chi connectivity index (χ2n) is 8.43. The summed E-state index contributed by atoms with van der Waals surface area (Å²) in [5.74, 6) is 0. The molecule has 9 nitrogen and oxygen atoms in total. The molecule has 2 saturated heterocycles. The van der Waals surface area contributed by atoms with Gasteiger partial charge in [-0.15, -0.1) is 0 Å². The highest BCUT2D eigenvalue weighted by atomic mass is 16.6. The van der Waals surface area contributed by atoms with Gasteiger partial charge in [0.05, 0.1) is 62.5 Å². The van der Waals surface area contributed by atoms with Gasteiger partial charge in [0.2, 0.25) is 0 Å². The van der Waals surface area contributed by atoms with Crippen molar-refractivity contribution in [1.29, 1.82) is 0 Å². The average Bonchev–Trinajstić information content (AvgIpc) is 3.13. The van der Waals surface area contributed by atoms with Crippen LogP contribution >= 0.6 is 0 Å². The van der Waals surface area contributed by atoms with E-state index in [1.54, 1.807) is 16.0 Å². The number of carbonyl (C=O) groups excluding carboxylic acids is 2. The van der Waals surface area contributed by atoms with E-state index in [1.807, 2.05) is 37.3 Å². The molecule has 3 aliphatic rings. The van der Waals surface area contributed by atoms with Crippen molar-refractivity contribution < 1.29 is 19.1 Å². The number of hydrogen-bond donors (Lipinski definition) is 0. The zero-order valence-corrected chi connectivity index (χ0v) is 16.3. The Morgan fingerprint density at radius 1 is 1.33 bits per heavy atom. The molecule has 1 unspecified atom stereocenters. The predicted octanol–water partition coefficient (Wildman–Crippen LogP) is 1.66. The molecular formula is C18H27N5O4. The van der Waals surface area contributed by atoms with Crippen LogP contribution in [0.3, 0.4) is 0 Å². The Morgan fingerprint density at radius 3 is 2.81 bits per heavy atom. The maximum atomic E-state index is 12.8. The summed E-state index contributed by atoms with van der Waals surface area (Å²) < 4.78 is 13.0. The number of carbonyl (C=O) groups is 2. The number of urea groups is 1. The Kier molecular flexibility index (Phi) is 4.29. The lowest BCUT2D eigenvalue weighted by Crippen LogP contribution is -2.47. The highest BCUT2D eigenvalue weighted by molar-refractivity contribution is 5.95. The lowest BCUT2D eigenvalue weighted by Gasteiger charge is -2.36. The van der Waals surface area contributed by atoms with Gasteiger partial charge in [0.15, 0.2) is 0 Å². The first kappa shape index (κ1) is 18.1. The summed E-state index contributed by atoms with van der Waals surface area (Å²) in [6, 6.07) is 0.0296. The number of hydrogen-bond acceptors (Lipinski definition) is 5. The standard InChI is InChI=1S/C18H27N5O4/c1-12-8-23-15(10-21(12)17(25)27-18(2,3)4)14(7-19-23)22-9-13-11-26-6-5-20(13)16(22)24/h7,12-13H,5-6,8-11H2,1-4H3/t12-,13?/m0/s1.